The molecule has 46 heavy (non-hydrogen) atoms. The average Bonchev–Trinajstić information content (AvgIpc) is 3.09. The van der Waals surface area contributed by atoms with E-state index in [9.17, 15) is 14.4 Å². The Labute approximate surface area is 286 Å². The molecule has 0 aliphatic rings. The summed E-state index contributed by atoms with van der Waals surface area (Å²) in [6.45, 7) is 2.72. The fraction of sp³-hybridized carbons (Fsp3) is 0.382. The zero-order chi connectivity index (χ0) is 32.9. The van der Waals surface area contributed by atoms with Crippen molar-refractivity contribution in [2.45, 2.75) is 39.1 Å². The number of nitrogens with one attached hydrogen (secondary N) is 3. The van der Waals surface area contributed by atoms with Gasteiger partial charge in [-0.25, -0.2) is 14.4 Å². The molecule has 0 heterocycles. The van der Waals surface area contributed by atoms with E-state index in [1.807, 2.05) is 115 Å². The lowest BCUT2D eigenvalue weighted by molar-refractivity contribution is 0.139. The Morgan fingerprint density at radius 1 is 0.522 bits per heavy atom. The maximum Gasteiger partial charge on any atom is 0.407 e. The molecule has 0 saturated heterocycles. The van der Waals surface area contributed by atoms with E-state index in [-0.39, 0.29) is 31.5 Å². The van der Waals surface area contributed by atoms with Crippen molar-refractivity contribution in [3.63, 3.8) is 0 Å². The van der Waals surface area contributed by atoms with E-state index in [2.05, 4.69) is 28.6 Å². The third-order valence-electron chi connectivity index (χ3n) is 5.88. The summed E-state index contributed by atoms with van der Waals surface area (Å²) in [6.07, 6.45) is 1.53. The van der Waals surface area contributed by atoms with Crippen LogP contribution in [-0.2, 0) is 34.0 Å². The average molecular weight is 688 g/mol. The molecule has 0 aromatic heterocycles. The van der Waals surface area contributed by atoms with Crippen molar-refractivity contribution in [1.82, 2.24) is 16.0 Å². The van der Waals surface area contributed by atoms with E-state index >= 15 is 0 Å². The van der Waals surface area contributed by atoms with Crippen LogP contribution in [0.1, 0.15) is 36.0 Å². The van der Waals surface area contributed by atoms with Gasteiger partial charge in [0.1, 0.15) is 19.8 Å². The number of thiol groups is 1. The number of amides is 3. The normalized spacial score (nSPS) is 10.1. The fourth-order valence-corrected chi connectivity index (χ4v) is 5.77. The monoisotopic (exact) mass is 687 g/mol. The highest BCUT2D eigenvalue weighted by atomic mass is 32.2. The molecule has 0 aliphatic heterocycles. The first-order chi connectivity index (χ1) is 22.6. The summed E-state index contributed by atoms with van der Waals surface area (Å²) < 4.78 is 15.3. The van der Waals surface area contributed by atoms with E-state index in [0.29, 0.717) is 26.2 Å². The first kappa shape index (κ1) is 38.7. The molecule has 0 saturated carbocycles. The van der Waals surface area contributed by atoms with Gasteiger partial charge >= 0.3 is 18.3 Å². The van der Waals surface area contributed by atoms with Crippen LogP contribution in [0.15, 0.2) is 91.0 Å². The summed E-state index contributed by atoms with van der Waals surface area (Å²) in [5.41, 5.74) is 2.94. The number of hydrogen-bond acceptors (Lipinski definition) is 9. The molecule has 0 bridgehead atoms. The SMILES string of the molecule is O=C(NCCCS)OCc1ccccc1.O=C(NCCCSCSCCCNC(=O)OCc1ccccc1)OCc1ccccc1. The highest BCUT2D eigenvalue weighted by Crippen LogP contribution is 2.13. The van der Waals surface area contributed by atoms with Crippen molar-refractivity contribution >= 4 is 54.4 Å². The Bertz CT molecular complexity index is 1150. The van der Waals surface area contributed by atoms with Gasteiger partial charge in [-0.15, -0.1) is 0 Å². The molecule has 3 N–H and O–H groups in total. The molecule has 0 radical (unpaired) electrons. The third kappa shape index (κ3) is 21.3. The molecule has 0 unspecified atom stereocenters. The number of alkyl carbamates (subject to hydrolysis) is 3. The molecule has 0 spiro atoms. The molecule has 3 rings (SSSR count). The van der Waals surface area contributed by atoms with Crippen LogP contribution >= 0.6 is 36.2 Å². The van der Waals surface area contributed by atoms with E-state index in [1.165, 1.54) is 0 Å². The zero-order valence-electron chi connectivity index (χ0n) is 26.1. The topological polar surface area (TPSA) is 115 Å². The van der Waals surface area contributed by atoms with Crippen molar-refractivity contribution in [1.29, 1.82) is 0 Å². The van der Waals surface area contributed by atoms with Gasteiger partial charge in [0.15, 0.2) is 0 Å². The lowest BCUT2D eigenvalue weighted by Crippen LogP contribution is -2.25. The first-order valence-corrected chi connectivity index (χ1v) is 18.1. The summed E-state index contributed by atoms with van der Waals surface area (Å²) in [4.78, 5) is 34.4. The minimum atomic E-state index is -0.377. The van der Waals surface area contributed by atoms with E-state index < -0.39 is 0 Å². The van der Waals surface area contributed by atoms with Crippen LogP contribution in [0.3, 0.4) is 0 Å². The van der Waals surface area contributed by atoms with Gasteiger partial charge in [-0.05, 0) is 53.2 Å². The summed E-state index contributed by atoms with van der Waals surface area (Å²) in [7, 11) is 0. The maximum absolute atomic E-state index is 11.6. The number of benzene rings is 3. The summed E-state index contributed by atoms with van der Waals surface area (Å²) >= 11 is 7.73. The largest absolute Gasteiger partial charge is 0.445 e. The highest BCUT2D eigenvalue weighted by Gasteiger charge is 2.04. The van der Waals surface area contributed by atoms with Gasteiger partial charge < -0.3 is 30.2 Å². The molecule has 250 valence electrons. The van der Waals surface area contributed by atoms with Crippen LogP contribution in [0, 0.1) is 0 Å². The highest BCUT2D eigenvalue weighted by molar-refractivity contribution is 8.15. The van der Waals surface area contributed by atoms with Crippen molar-refractivity contribution in [2.24, 2.45) is 0 Å². The second-order valence-corrected chi connectivity index (χ2v) is 12.7. The lowest BCUT2D eigenvalue weighted by Gasteiger charge is -2.08. The Kier molecular flexibility index (Phi) is 22.5. The van der Waals surface area contributed by atoms with E-state index in [1.54, 1.807) is 0 Å². The van der Waals surface area contributed by atoms with Gasteiger partial charge in [0.25, 0.3) is 0 Å². The van der Waals surface area contributed by atoms with Crippen LogP contribution in [0.4, 0.5) is 14.4 Å². The minimum absolute atomic E-state index is 0.289. The van der Waals surface area contributed by atoms with Crippen molar-refractivity contribution in [3.05, 3.63) is 108 Å². The predicted molar refractivity (Wildman–Crippen MR) is 191 cm³/mol. The van der Waals surface area contributed by atoms with Crippen LogP contribution in [0.2, 0.25) is 0 Å². The molecule has 12 heteroatoms. The van der Waals surface area contributed by atoms with Crippen LogP contribution in [0.5, 0.6) is 0 Å². The Balaban J connectivity index is 0.000000410. The Hall–Kier alpha value is -3.48. The molecule has 0 fully saturated rings. The fourth-order valence-electron chi connectivity index (χ4n) is 3.50. The zero-order valence-corrected chi connectivity index (χ0v) is 28.6. The van der Waals surface area contributed by atoms with Crippen molar-refractivity contribution in [2.75, 3.05) is 42.0 Å². The van der Waals surface area contributed by atoms with Gasteiger partial charge in [-0.3, -0.25) is 0 Å². The Morgan fingerprint density at radius 3 is 1.17 bits per heavy atom. The summed E-state index contributed by atoms with van der Waals surface area (Å²) in [6, 6.07) is 28.8. The standard InChI is InChI=1S/C23H30N2O4S2.C11H15NO2S/c26-22(28-17-20-9-3-1-4-10-20)24-13-7-15-30-19-31-16-8-14-25-23(27)29-18-21-11-5-2-6-12-21;13-11(12-7-4-8-15)14-9-10-5-2-1-3-6-10/h1-6,9-12H,7-8,13-19H2,(H,24,26)(H,25,27);1-3,5-6,15H,4,7-9H2,(H,12,13). The number of hydrogen-bond donors (Lipinski definition) is 4. The van der Waals surface area contributed by atoms with E-state index in [4.69, 9.17) is 14.2 Å². The van der Waals surface area contributed by atoms with Crippen LogP contribution in [0.25, 0.3) is 0 Å². The molecule has 3 aromatic rings. The van der Waals surface area contributed by atoms with Crippen LogP contribution < -0.4 is 16.0 Å². The molecule has 0 atom stereocenters. The number of ether oxygens (including phenoxy) is 3. The van der Waals surface area contributed by atoms with Gasteiger partial charge in [0.05, 0.1) is 0 Å². The number of carbonyl (C=O) groups is 3. The summed E-state index contributed by atoms with van der Waals surface area (Å²) in [5, 5.41) is 9.18. The van der Waals surface area contributed by atoms with Gasteiger partial charge in [-0.2, -0.15) is 36.2 Å². The number of rotatable bonds is 19. The predicted octanol–water partition coefficient (Wildman–Crippen LogP) is 7.28. The smallest absolute Gasteiger partial charge is 0.407 e. The maximum atomic E-state index is 11.6. The molecule has 3 aromatic carbocycles. The number of carbonyl (C=O) groups excluding carboxylic acids is 3. The van der Waals surface area contributed by atoms with Crippen LogP contribution in [-0.4, -0.2) is 60.3 Å². The summed E-state index contributed by atoms with van der Waals surface area (Å²) in [5.74, 6) is 2.73. The van der Waals surface area contributed by atoms with Crippen molar-refractivity contribution in [3.8, 4) is 0 Å². The van der Waals surface area contributed by atoms with Gasteiger partial charge in [0, 0.05) is 24.7 Å². The minimum Gasteiger partial charge on any atom is -0.445 e. The second-order valence-electron chi connectivity index (χ2n) is 9.68. The molecular formula is C34H45N3O6S3. The second kappa shape index (κ2) is 26.7. The molecule has 9 nitrogen and oxygen atoms in total. The quantitative estimate of drug-likeness (QED) is 0.0450. The van der Waals surface area contributed by atoms with Crippen molar-refractivity contribution < 1.29 is 28.6 Å². The third-order valence-corrected chi connectivity index (χ3v) is 8.68. The Morgan fingerprint density at radius 2 is 0.848 bits per heavy atom. The molecular weight excluding hydrogens is 643 g/mol. The molecule has 0 aliphatic carbocycles. The lowest BCUT2D eigenvalue weighted by atomic mass is 10.2. The number of thioether (sulfide) groups is 2. The van der Waals surface area contributed by atoms with Gasteiger partial charge in [-0.1, -0.05) is 91.0 Å². The first-order valence-electron chi connectivity index (χ1n) is 15.2. The van der Waals surface area contributed by atoms with Gasteiger partial charge in [0.2, 0.25) is 0 Å². The van der Waals surface area contributed by atoms with E-state index in [0.717, 1.165) is 58.3 Å². The molecule has 3 amide bonds.